The number of halogens is 3. The number of imidazole rings is 1. The number of amides is 1. The Bertz CT molecular complexity index is 1730. The van der Waals surface area contributed by atoms with Gasteiger partial charge in [-0.25, -0.2) is 31.0 Å². The molecule has 240 valence electrons. The number of nitrogens with zero attached hydrogens (tertiary/aromatic N) is 6. The smallest absolute Gasteiger partial charge is 0.335 e. The molecule has 1 N–H and O–H groups in total. The highest BCUT2D eigenvalue weighted by atomic mass is 32.2. The topological polar surface area (TPSA) is 150 Å². The third-order valence-electron chi connectivity index (χ3n) is 8.13. The van der Waals surface area contributed by atoms with Gasteiger partial charge in [-0.15, -0.1) is 10.2 Å². The molecule has 0 atom stereocenters. The molecule has 0 spiro atoms. The molecule has 14 nitrogen and oxygen atoms in total. The summed E-state index contributed by atoms with van der Waals surface area (Å²) >= 11 is 0.510. The molecule has 3 aliphatic heterocycles. The number of sulfonamides is 1. The van der Waals surface area contributed by atoms with E-state index in [2.05, 4.69) is 14.9 Å². The fourth-order valence-corrected chi connectivity index (χ4v) is 7.64. The molecule has 3 fully saturated rings. The highest BCUT2D eigenvalue weighted by molar-refractivity contribution is 7.89. The zero-order valence-electron chi connectivity index (χ0n) is 23.8. The van der Waals surface area contributed by atoms with Crippen molar-refractivity contribution < 1.29 is 40.6 Å². The van der Waals surface area contributed by atoms with Gasteiger partial charge < -0.3 is 24.0 Å². The predicted octanol–water partition coefficient (Wildman–Crippen LogP) is 0.682. The lowest BCUT2D eigenvalue weighted by atomic mass is 9.99. The van der Waals surface area contributed by atoms with E-state index in [0.717, 1.165) is 4.57 Å². The van der Waals surface area contributed by atoms with Crippen LogP contribution < -0.4 is 15.3 Å². The van der Waals surface area contributed by atoms with E-state index in [1.807, 2.05) is 4.90 Å². The summed E-state index contributed by atoms with van der Waals surface area (Å²) in [4.78, 5) is 30.1. The highest BCUT2D eigenvalue weighted by Crippen LogP contribution is 2.35. The molecule has 19 heteroatoms. The molecule has 3 saturated heterocycles. The molecule has 2 aromatic heterocycles. The van der Waals surface area contributed by atoms with Crippen LogP contribution in [0, 0.1) is 0 Å². The van der Waals surface area contributed by atoms with Crippen LogP contribution in [0.5, 0.6) is 0 Å². The Kier molecular flexibility index (Phi) is 7.98. The Labute approximate surface area is 253 Å². The van der Waals surface area contributed by atoms with E-state index in [9.17, 15) is 31.2 Å². The summed E-state index contributed by atoms with van der Waals surface area (Å²) in [7, 11) is -2.92. The van der Waals surface area contributed by atoms with Gasteiger partial charge >= 0.3 is 5.69 Å². The van der Waals surface area contributed by atoms with Crippen LogP contribution in [0.25, 0.3) is 16.2 Å². The van der Waals surface area contributed by atoms with Crippen molar-refractivity contribution in [1.82, 2.24) is 29.0 Å². The Balaban J connectivity index is 1.46. The van der Waals surface area contributed by atoms with Gasteiger partial charge in [-0.2, -0.15) is 4.72 Å². The normalized spacial score (nSPS) is 19.8. The van der Waals surface area contributed by atoms with Crippen molar-refractivity contribution in [3.63, 3.8) is 0 Å². The second kappa shape index (κ2) is 11.4. The van der Waals surface area contributed by atoms with Gasteiger partial charge in [0.05, 0.1) is 48.0 Å². The van der Waals surface area contributed by atoms with Gasteiger partial charge in [0.1, 0.15) is 12.2 Å². The molecule has 0 saturated carbocycles. The maximum Gasteiger partial charge on any atom is 0.335 e. The van der Waals surface area contributed by atoms with Gasteiger partial charge in [-0.3, -0.25) is 9.36 Å². The number of nitrogens with one attached hydrogen (secondary N) is 1. The summed E-state index contributed by atoms with van der Waals surface area (Å²) in [5.74, 6) is -0.210. The highest BCUT2D eigenvalue weighted by Gasteiger charge is 2.49. The lowest BCUT2D eigenvalue weighted by Crippen LogP contribution is -2.64. The first-order valence-corrected chi connectivity index (χ1v) is 16.0. The van der Waals surface area contributed by atoms with Gasteiger partial charge in [-0.05, 0) is 19.1 Å². The number of fused-ring (bicyclic) bond motifs is 1. The third kappa shape index (κ3) is 4.98. The predicted molar refractivity (Wildman–Crippen MR) is 151 cm³/mol. The van der Waals surface area contributed by atoms with Crippen LogP contribution in [-0.4, -0.2) is 116 Å². The summed E-state index contributed by atoms with van der Waals surface area (Å²) < 4.78 is 88.5. The number of carbonyl (C=O) groups is 1. The van der Waals surface area contributed by atoms with E-state index in [0.29, 0.717) is 22.5 Å². The minimum Gasteiger partial charge on any atom is -0.377 e. The fraction of sp³-hybridized carbons (Fsp3) is 0.600. The summed E-state index contributed by atoms with van der Waals surface area (Å²) in [6, 6.07) is 2.63. The van der Waals surface area contributed by atoms with Crippen molar-refractivity contribution >= 4 is 44.0 Å². The van der Waals surface area contributed by atoms with E-state index in [4.69, 9.17) is 14.2 Å². The standard InChI is InChI=1S/C25H30F3N7O7S2/c1-3-34-18-16(32-4-6-33(7-5-32)21(36)25(40-2)13-42-14-25)8-15(44(38,39)31-24(10-26)11-41-12-24)9-17(18)35(23(34)37)22-30-29-20(43-22)19(27)28/h8-9,19,31H,3-7,10-14H2,1-2H3. The van der Waals surface area contributed by atoms with Gasteiger partial charge in [0.25, 0.3) is 12.3 Å². The van der Waals surface area contributed by atoms with Crippen molar-refractivity contribution in [2.24, 2.45) is 0 Å². The molecule has 6 rings (SSSR count). The Morgan fingerprint density at radius 2 is 1.82 bits per heavy atom. The molecule has 1 aromatic carbocycles. The maximum atomic E-state index is 13.9. The average molecular weight is 662 g/mol. The van der Waals surface area contributed by atoms with E-state index < -0.39 is 45.0 Å². The first kappa shape index (κ1) is 30.9. The van der Waals surface area contributed by atoms with Crippen LogP contribution in [-0.2, 0) is 35.6 Å². The monoisotopic (exact) mass is 661 g/mol. The Morgan fingerprint density at radius 3 is 2.32 bits per heavy atom. The summed E-state index contributed by atoms with van der Waals surface area (Å²) in [5, 5.41) is 6.53. The number of aromatic nitrogens is 4. The minimum absolute atomic E-state index is 0.0920. The molecule has 3 aromatic rings. The zero-order chi connectivity index (χ0) is 31.4. The molecule has 0 aliphatic carbocycles. The summed E-state index contributed by atoms with van der Waals surface area (Å²) in [5.41, 5.74) is -2.29. The molecule has 44 heavy (non-hydrogen) atoms. The maximum absolute atomic E-state index is 13.9. The number of methoxy groups -OCH3 is 1. The van der Waals surface area contributed by atoms with Crippen molar-refractivity contribution in [3.8, 4) is 5.13 Å². The van der Waals surface area contributed by atoms with Crippen LogP contribution in [0.2, 0.25) is 0 Å². The summed E-state index contributed by atoms with van der Waals surface area (Å²) in [6.07, 6.45) is -2.92. The van der Waals surface area contributed by atoms with E-state index in [1.165, 1.54) is 23.8 Å². The van der Waals surface area contributed by atoms with Gasteiger partial charge in [0, 0.05) is 39.8 Å². The number of benzene rings is 1. The van der Waals surface area contributed by atoms with E-state index in [-0.39, 0.29) is 80.6 Å². The lowest BCUT2D eigenvalue weighted by Gasteiger charge is -2.44. The second-order valence-electron chi connectivity index (χ2n) is 10.9. The first-order chi connectivity index (χ1) is 21.0. The van der Waals surface area contributed by atoms with Crippen molar-refractivity contribution in [3.05, 3.63) is 27.6 Å². The number of carbonyl (C=O) groups excluding carboxylic acids is 1. The van der Waals surface area contributed by atoms with E-state index >= 15 is 0 Å². The van der Waals surface area contributed by atoms with Crippen LogP contribution in [0.3, 0.4) is 0 Å². The number of ether oxygens (including phenoxy) is 3. The SMILES string of the molecule is CCn1c(=O)n(-c2nnc(C(F)F)s2)c2cc(S(=O)(=O)NC3(CF)COC3)cc(N3CCN(C(=O)C4(OC)COC4)CC3)c21. The first-order valence-electron chi connectivity index (χ1n) is 13.7. The third-order valence-corrected chi connectivity index (χ3v) is 10.6. The number of anilines is 1. The number of alkyl halides is 3. The Hall–Kier alpha value is -3.10. The molecule has 3 aliphatic rings. The van der Waals surface area contributed by atoms with Crippen LogP contribution in [0.15, 0.2) is 21.8 Å². The molecule has 0 unspecified atom stereocenters. The fourth-order valence-electron chi connectivity index (χ4n) is 5.54. The van der Waals surface area contributed by atoms with Crippen LogP contribution in [0.1, 0.15) is 18.4 Å². The number of rotatable bonds is 10. The number of piperazine rings is 1. The quantitative estimate of drug-likeness (QED) is 0.329. The number of hydrogen-bond acceptors (Lipinski definition) is 11. The average Bonchev–Trinajstić information content (AvgIpc) is 3.56. The van der Waals surface area contributed by atoms with Crippen LogP contribution in [0.4, 0.5) is 18.9 Å². The second-order valence-corrected chi connectivity index (χ2v) is 13.5. The lowest BCUT2D eigenvalue weighted by molar-refractivity contribution is -0.210. The Morgan fingerprint density at radius 1 is 1.14 bits per heavy atom. The van der Waals surface area contributed by atoms with Gasteiger partial charge in [0.15, 0.2) is 10.6 Å². The van der Waals surface area contributed by atoms with Crippen molar-refractivity contribution in [2.75, 3.05) is 71.3 Å². The molecule has 0 bridgehead atoms. The van der Waals surface area contributed by atoms with Crippen LogP contribution >= 0.6 is 11.3 Å². The van der Waals surface area contributed by atoms with Gasteiger partial charge in [-0.1, -0.05) is 11.3 Å². The largest absolute Gasteiger partial charge is 0.377 e. The molecule has 5 heterocycles. The van der Waals surface area contributed by atoms with Crippen molar-refractivity contribution in [1.29, 1.82) is 0 Å². The molecule has 0 radical (unpaired) electrons. The summed E-state index contributed by atoms with van der Waals surface area (Å²) in [6.45, 7) is 1.97. The zero-order valence-corrected chi connectivity index (χ0v) is 25.4. The molecule has 1 amide bonds. The number of aryl methyl sites for hydroxylation is 1. The molecular formula is C25H30F3N7O7S2. The van der Waals surface area contributed by atoms with E-state index in [1.54, 1.807) is 11.8 Å². The van der Waals surface area contributed by atoms with Crippen molar-refractivity contribution in [2.45, 2.75) is 35.9 Å². The van der Waals surface area contributed by atoms with Gasteiger partial charge in [0.2, 0.25) is 15.2 Å². The minimum atomic E-state index is -4.37. The number of hydrogen-bond donors (Lipinski definition) is 1. The molecular weight excluding hydrogens is 631 g/mol.